The fourth-order valence-corrected chi connectivity index (χ4v) is 4.28. The second kappa shape index (κ2) is 9.27. The molecule has 33 heavy (non-hydrogen) atoms. The molecule has 1 amide bonds. The number of ether oxygens (including phenoxy) is 2. The maximum Gasteiger partial charge on any atom is 0.295 e. The predicted molar refractivity (Wildman–Crippen MR) is 125 cm³/mol. The third kappa shape index (κ3) is 4.46. The van der Waals surface area contributed by atoms with Crippen molar-refractivity contribution in [1.29, 1.82) is 0 Å². The van der Waals surface area contributed by atoms with Crippen LogP contribution in [0.3, 0.4) is 0 Å². The van der Waals surface area contributed by atoms with E-state index in [0.29, 0.717) is 35.9 Å². The van der Waals surface area contributed by atoms with Crippen molar-refractivity contribution in [3.63, 3.8) is 0 Å². The number of ketones is 1. The highest BCUT2D eigenvalue weighted by molar-refractivity contribution is 6.46. The van der Waals surface area contributed by atoms with Crippen LogP contribution in [0.1, 0.15) is 48.9 Å². The number of aliphatic hydroxyl groups excluding tert-OH is 1. The van der Waals surface area contributed by atoms with Gasteiger partial charge in [0.25, 0.3) is 11.7 Å². The first-order valence-electron chi connectivity index (χ1n) is 11.2. The number of hydrogen-bond donors (Lipinski definition) is 1. The lowest BCUT2D eigenvalue weighted by Gasteiger charge is -2.26. The Hall–Kier alpha value is -3.32. The van der Waals surface area contributed by atoms with Crippen molar-refractivity contribution in [3.8, 4) is 11.5 Å². The maximum absolute atomic E-state index is 13.1. The van der Waals surface area contributed by atoms with Gasteiger partial charge < -0.3 is 24.4 Å². The quantitative estimate of drug-likeness (QED) is 0.391. The fourth-order valence-electron chi connectivity index (χ4n) is 4.28. The van der Waals surface area contributed by atoms with Gasteiger partial charge in [0.2, 0.25) is 6.79 Å². The molecule has 0 spiro atoms. The predicted octanol–water partition coefficient (Wildman–Crippen LogP) is 3.91. The number of hydrogen-bond acceptors (Lipinski definition) is 6. The molecule has 1 saturated heterocycles. The van der Waals surface area contributed by atoms with Crippen molar-refractivity contribution in [2.24, 2.45) is 0 Å². The van der Waals surface area contributed by atoms with E-state index >= 15 is 0 Å². The molecule has 2 aliphatic rings. The molecular formula is C26H30N2O5. The normalized spacial score (nSPS) is 19.2. The minimum absolute atomic E-state index is 0.0982. The zero-order chi connectivity index (χ0) is 23.7. The molecule has 2 heterocycles. The molecule has 7 heteroatoms. The van der Waals surface area contributed by atoms with Gasteiger partial charge in [-0.05, 0) is 62.3 Å². The van der Waals surface area contributed by atoms with Crippen molar-refractivity contribution < 1.29 is 24.2 Å². The average Bonchev–Trinajstić information content (AvgIpc) is 3.36. The first kappa shape index (κ1) is 22.9. The molecule has 2 aromatic rings. The van der Waals surface area contributed by atoms with E-state index in [1.807, 2.05) is 43.3 Å². The molecule has 0 radical (unpaired) electrons. The Morgan fingerprint density at radius 3 is 2.45 bits per heavy atom. The third-order valence-electron chi connectivity index (χ3n) is 6.11. The average molecular weight is 451 g/mol. The lowest BCUT2D eigenvalue weighted by Crippen LogP contribution is -2.32. The summed E-state index contributed by atoms with van der Waals surface area (Å²) in [5, 5.41) is 11.2. The molecule has 0 aromatic heterocycles. The lowest BCUT2D eigenvalue weighted by molar-refractivity contribution is -0.139. The molecule has 0 aliphatic carbocycles. The van der Waals surface area contributed by atoms with Gasteiger partial charge in [0.15, 0.2) is 11.5 Å². The summed E-state index contributed by atoms with van der Waals surface area (Å²) >= 11 is 0. The van der Waals surface area contributed by atoms with Crippen LogP contribution >= 0.6 is 0 Å². The summed E-state index contributed by atoms with van der Waals surface area (Å²) in [4.78, 5) is 29.8. The first-order chi connectivity index (χ1) is 15.8. The van der Waals surface area contributed by atoms with E-state index in [4.69, 9.17) is 9.47 Å². The van der Waals surface area contributed by atoms with E-state index in [2.05, 4.69) is 13.8 Å². The Balaban J connectivity index is 1.78. The highest BCUT2D eigenvalue weighted by Gasteiger charge is 2.45. The van der Waals surface area contributed by atoms with E-state index < -0.39 is 17.7 Å². The summed E-state index contributed by atoms with van der Waals surface area (Å²) in [5.41, 5.74) is 2.47. The van der Waals surface area contributed by atoms with Gasteiger partial charge in [-0.1, -0.05) is 38.1 Å². The fraction of sp³-hybridized carbons (Fsp3) is 0.385. The maximum atomic E-state index is 13.1. The van der Waals surface area contributed by atoms with Crippen molar-refractivity contribution in [1.82, 2.24) is 9.80 Å². The van der Waals surface area contributed by atoms with Gasteiger partial charge in [-0.25, -0.2) is 0 Å². The Kier molecular flexibility index (Phi) is 6.42. The lowest BCUT2D eigenvalue weighted by atomic mass is 9.93. The van der Waals surface area contributed by atoms with Crippen LogP contribution in [0, 0.1) is 0 Å². The summed E-state index contributed by atoms with van der Waals surface area (Å²) in [6.07, 6.45) is 0.713. The number of rotatable bonds is 7. The number of carbonyl (C=O) groups excluding carboxylic acids is 2. The summed E-state index contributed by atoms with van der Waals surface area (Å²) in [6, 6.07) is 12.3. The molecule has 0 saturated carbocycles. The standard InChI is InChI=1S/C26H30N2O5/c1-16(2)17-6-8-18(9-7-17)23-22(25(30)26(31)28(23)13-5-12-27(3)4)24(29)19-10-11-20-21(14-19)33-15-32-20/h6-11,14,16,23,29H,5,12-13,15H2,1-4H3/b24-22+. The SMILES string of the molecule is CC(C)c1ccc(C2/C(=C(\O)c3ccc4c(c3)OCO4)C(=O)C(=O)N2CCCN(C)C)cc1. The van der Waals surface area contributed by atoms with Gasteiger partial charge in [-0.2, -0.15) is 0 Å². The third-order valence-corrected chi connectivity index (χ3v) is 6.11. The molecule has 174 valence electrons. The number of fused-ring (bicyclic) bond motifs is 1. The van der Waals surface area contributed by atoms with Crippen LogP contribution in [-0.2, 0) is 9.59 Å². The smallest absolute Gasteiger partial charge is 0.295 e. The van der Waals surface area contributed by atoms with Gasteiger partial charge in [0.05, 0.1) is 11.6 Å². The van der Waals surface area contributed by atoms with Crippen LogP contribution in [0.15, 0.2) is 48.0 Å². The molecule has 4 rings (SSSR count). The summed E-state index contributed by atoms with van der Waals surface area (Å²) in [6.45, 7) is 5.53. The molecule has 1 fully saturated rings. The van der Waals surface area contributed by atoms with Crippen molar-refractivity contribution >= 4 is 17.4 Å². The minimum atomic E-state index is -0.673. The Morgan fingerprint density at radius 1 is 1.09 bits per heavy atom. The number of likely N-dealkylation sites (tertiary alicyclic amines) is 1. The zero-order valence-electron chi connectivity index (χ0n) is 19.5. The number of benzene rings is 2. The topological polar surface area (TPSA) is 79.3 Å². The van der Waals surface area contributed by atoms with E-state index in [9.17, 15) is 14.7 Å². The Labute approximate surface area is 194 Å². The number of carbonyl (C=O) groups is 2. The van der Waals surface area contributed by atoms with Crippen LogP contribution in [-0.4, -0.2) is 60.6 Å². The molecule has 0 bridgehead atoms. The van der Waals surface area contributed by atoms with E-state index in [0.717, 1.165) is 12.1 Å². The van der Waals surface area contributed by atoms with Crippen molar-refractivity contribution in [2.45, 2.75) is 32.2 Å². The number of Topliss-reactive ketones (excluding diaryl/α,β-unsaturated/α-hetero) is 1. The first-order valence-corrected chi connectivity index (χ1v) is 11.2. The summed E-state index contributed by atoms with van der Waals surface area (Å²) < 4.78 is 10.8. The van der Waals surface area contributed by atoms with Crippen molar-refractivity contribution in [2.75, 3.05) is 34.0 Å². The number of aliphatic hydroxyl groups is 1. The molecule has 1 unspecified atom stereocenters. The van der Waals surface area contributed by atoms with Gasteiger partial charge in [-0.3, -0.25) is 9.59 Å². The molecule has 1 N–H and O–H groups in total. The van der Waals surface area contributed by atoms with Crippen LogP contribution in [0.5, 0.6) is 11.5 Å². The highest BCUT2D eigenvalue weighted by atomic mass is 16.7. The minimum Gasteiger partial charge on any atom is -0.507 e. The molecular weight excluding hydrogens is 420 g/mol. The van der Waals surface area contributed by atoms with Crippen LogP contribution in [0.4, 0.5) is 0 Å². The highest BCUT2D eigenvalue weighted by Crippen LogP contribution is 2.41. The van der Waals surface area contributed by atoms with E-state index in [1.54, 1.807) is 23.1 Å². The van der Waals surface area contributed by atoms with Gasteiger partial charge in [0, 0.05) is 12.1 Å². The molecule has 2 aromatic carbocycles. The Morgan fingerprint density at radius 2 is 1.79 bits per heavy atom. The zero-order valence-corrected chi connectivity index (χ0v) is 19.5. The second-order valence-corrected chi connectivity index (χ2v) is 9.04. The molecule has 2 aliphatic heterocycles. The van der Waals surface area contributed by atoms with Crippen LogP contribution in [0.25, 0.3) is 5.76 Å². The monoisotopic (exact) mass is 450 g/mol. The van der Waals surface area contributed by atoms with E-state index in [1.165, 1.54) is 5.56 Å². The Bertz CT molecular complexity index is 1090. The van der Waals surface area contributed by atoms with Gasteiger partial charge >= 0.3 is 0 Å². The van der Waals surface area contributed by atoms with Crippen LogP contribution in [0.2, 0.25) is 0 Å². The number of amides is 1. The second-order valence-electron chi connectivity index (χ2n) is 9.04. The largest absolute Gasteiger partial charge is 0.507 e. The van der Waals surface area contributed by atoms with E-state index in [-0.39, 0.29) is 18.1 Å². The van der Waals surface area contributed by atoms with Gasteiger partial charge in [0.1, 0.15) is 5.76 Å². The summed E-state index contributed by atoms with van der Waals surface area (Å²) in [7, 11) is 3.94. The van der Waals surface area contributed by atoms with Gasteiger partial charge in [-0.15, -0.1) is 0 Å². The van der Waals surface area contributed by atoms with Crippen LogP contribution < -0.4 is 9.47 Å². The molecule has 7 nitrogen and oxygen atoms in total. The molecule has 1 atom stereocenters. The summed E-state index contributed by atoms with van der Waals surface area (Å²) in [5.74, 6) is -0.0330. The number of nitrogens with zero attached hydrogens (tertiary/aromatic N) is 2. The van der Waals surface area contributed by atoms with Crippen molar-refractivity contribution in [3.05, 3.63) is 64.7 Å².